The van der Waals surface area contributed by atoms with Crippen molar-refractivity contribution in [2.75, 3.05) is 82.8 Å². The van der Waals surface area contributed by atoms with Gasteiger partial charge in [-0.2, -0.15) is 0 Å². The number of hydrogen-bond donors (Lipinski definition) is 3. The molecule has 6 heterocycles. The number of carbonyl (C=O) groups excluding carboxylic acids is 2. The Kier molecular flexibility index (Phi) is 19.3. The molecule has 0 bridgehead atoms. The summed E-state index contributed by atoms with van der Waals surface area (Å²) >= 11 is 5.41. The zero-order valence-electron chi connectivity index (χ0n) is 44.9. The Labute approximate surface area is 457 Å². The number of nitrogens with two attached hydrogens (primary N) is 1. The van der Waals surface area contributed by atoms with Crippen LogP contribution in [0.3, 0.4) is 0 Å². The van der Waals surface area contributed by atoms with Crippen molar-refractivity contribution in [1.29, 1.82) is 0 Å². The summed E-state index contributed by atoms with van der Waals surface area (Å²) in [7, 11) is 4.32. The second-order valence-corrected chi connectivity index (χ2v) is 20.2. The quantitative estimate of drug-likeness (QED) is 0.0533. The number of ketones is 1. The number of halogens is 1. The summed E-state index contributed by atoms with van der Waals surface area (Å²) in [6.07, 6.45) is 11.0. The van der Waals surface area contributed by atoms with Crippen LogP contribution >= 0.6 is 11.6 Å². The lowest BCUT2D eigenvalue weighted by Crippen LogP contribution is -2.43. The number of hydrogen-bond acceptors (Lipinski definition) is 15. The van der Waals surface area contributed by atoms with E-state index in [1.54, 1.807) is 36.9 Å². The van der Waals surface area contributed by atoms with E-state index in [1.165, 1.54) is 11.1 Å². The number of benzene rings is 4. The summed E-state index contributed by atoms with van der Waals surface area (Å²) in [6.45, 7) is 18.8. The van der Waals surface area contributed by atoms with Crippen molar-refractivity contribution in [1.82, 2.24) is 49.5 Å². The van der Waals surface area contributed by atoms with Gasteiger partial charge in [-0.05, 0) is 147 Å². The molecule has 0 radical (unpaired) electrons. The van der Waals surface area contributed by atoms with Crippen LogP contribution in [0.1, 0.15) is 59.7 Å². The van der Waals surface area contributed by atoms with Gasteiger partial charge in [0.2, 0.25) is 11.9 Å². The van der Waals surface area contributed by atoms with Crippen LogP contribution in [0.15, 0.2) is 146 Å². The van der Waals surface area contributed by atoms with Crippen molar-refractivity contribution in [2.45, 2.75) is 47.2 Å². The molecule has 8 aromatic rings. The van der Waals surface area contributed by atoms with E-state index in [1.807, 2.05) is 125 Å². The number of likely N-dealkylation sites (N-methyl/N-ethyl adjacent to an activating group) is 2. The third-order valence-electron chi connectivity index (χ3n) is 13.8. The lowest BCUT2D eigenvalue weighted by atomic mass is 10.00. The molecule has 2 fully saturated rings. The van der Waals surface area contributed by atoms with E-state index in [0.717, 1.165) is 133 Å². The first-order chi connectivity index (χ1) is 37.2. The number of aromatic nitrogens is 6. The summed E-state index contributed by atoms with van der Waals surface area (Å²) in [5.74, 6) is 1.15. The van der Waals surface area contributed by atoms with E-state index < -0.39 is 5.24 Å². The molecule has 10 rings (SSSR count). The van der Waals surface area contributed by atoms with Gasteiger partial charge in [0.05, 0.1) is 11.4 Å². The van der Waals surface area contributed by atoms with Crippen molar-refractivity contribution in [2.24, 2.45) is 0 Å². The first kappa shape index (κ1) is 55.4. The van der Waals surface area contributed by atoms with Crippen LogP contribution in [0.5, 0.6) is 0 Å². The first-order valence-electron chi connectivity index (χ1n) is 25.9. The SMILES string of the molecule is CN1CCN(Cc2ccc(C(=O)Cl)cc2)CC1.Cc1ccc(CC(=O)c2ccc(CN3CCN(C)CC3)cc2)cc1Nc1nccc(-c2cnccc2C)n1.Cc1ccc(N)cc1Nc1nccc(-c2cnccc2C)n1. The molecule has 15 nitrogen and oxygen atoms in total. The van der Waals surface area contributed by atoms with Gasteiger partial charge in [0.1, 0.15) is 0 Å². The van der Waals surface area contributed by atoms with E-state index in [2.05, 4.69) is 81.4 Å². The summed E-state index contributed by atoms with van der Waals surface area (Å²) in [5, 5.41) is 6.17. The molecule has 0 saturated carbocycles. The lowest BCUT2D eigenvalue weighted by molar-refractivity contribution is 0.0992. The van der Waals surface area contributed by atoms with Gasteiger partial charge in [0, 0.05) is 148 Å². The smallest absolute Gasteiger partial charge is 0.252 e. The molecule has 0 spiro atoms. The van der Waals surface area contributed by atoms with Crippen molar-refractivity contribution in [3.8, 4) is 22.5 Å². The number of aryl methyl sites for hydroxylation is 4. The van der Waals surface area contributed by atoms with Crippen LogP contribution in [0.25, 0.3) is 22.5 Å². The highest BCUT2D eigenvalue weighted by Gasteiger charge is 2.17. The zero-order valence-corrected chi connectivity index (χ0v) is 45.6. The van der Waals surface area contributed by atoms with Crippen molar-refractivity contribution in [3.63, 3.8) is 0 Å². The molecule has 0 aliphatic carbocycles. The number of nitrogen functional groups attached to an aromatic ring is 1. The molecule has 2 aliphatic rings. The number of nitrogens with one attached hydrogen (secondary N) is 2. The predicted octanol–water partition coefficient (Wildman–Crippen LogP) is 10.4. The summed E-state index contributed by atoms with van der Waals surface area (Å²) in [4.78, 5) is 59.9. The average molecular weight is 1050 g/mol. The monoisotopic (exact) mass is 1050 g/mol. The molecule has 396 valence electrons. The van der Waals surface area contributed by atoms with Gasteiger partial charge >= 0.3 is 0 Å². The maximum atomic E-state index is 13.1. The minimum atomic E-state index is -0.392. The minimum Gasteiger partial charge on any atom is -0.399 e. The number of pyridine rings is 2. The van der Waals surface area contributed by atoms with Gasteiger partial charge < -0.3 is 26.2 Å². The fourth-order valence-corrected chi connectivity index (χ4v) is 9.01. The molecular weight excluding hydrogens is 982 g/mol. The second kappa shape index (κ2) is 26.8. The molecule has 4 N–H and O–H groups in total. The topological polar surface area (TPSA) is 175 Å². The Bertz CT molecular complexity index is 3250. The fourth-order valence-electron chi connectivity index (χ4n) is 8.88. The standard InChI is InChI=1S/C31H34N6O.C17H17N5.C13H17ClN2O/c1-22-10-12-32-20-27(22)28-11-13-33-31(34-28)35-29-18-25(5-4-23(29)2)19-30(38)26-8-6-24(7-9-26)21-37-16-14-36(3)15-17-37;1-11-5-7-19-10-14(11)15-6-8-20-17(21-15)22-16-9-13(18)4-3-12(16)2;1-15-6-8-16(9-7-15)10-11-2-4-12(5-3-11)13(14)17/h4-13,18,20H,14-17,19,21H2,1-3H3,(H,33,34,35);3-10H,18H2,1-2H3,(H,20,21,22);2-5H,6-10H2,1H3. The molecule has 0 atom stereocenters. The first-order valence-corrected chi connectivity index (χ1v) is 26.3. The highest BCUT2D eigenvalue weighted by atomic mass is 35.5. The normalized spacial score (nSPS) is 14.1. The van der Waals surface area contributed by atoms with E-state index in [9.17, 15) is 9.59 Å². The minimum absolute atomic E-state index is 0.108. The molecule has 0 amide bonds. The van der Waals surface area contributed by atoms with E-state index in [0.29, 0.717) is 29.6 Å². The third kappa shape index (κ3) is 16.1. The van der Waals surface area contributed by atoms with Crippen LogP contribution < -0.4 is 16.4 Å². The number of rotatable bonds is 14. The van der Waals surface area contributed by atoms with E-state index in [4.69, 9.17) is 22.3 Å². The summed E-state index contributed by atoms with van der Waals surface area (Å²) in [5.41, 5.74) is 21.1. The Balaban J connectivity index is 0.000000169. The summed E-state index contributed by atoms with van der Waals surface area (Å²) in [6, 6.07) is 35.1. The van der Waals surface area contributed by atoms with Gasteiger partial charge in [0.25, 0.3) is 5.24 Å². The Morgan fingerprint density at radius 2 is 0.961 bits per heavy atom. The van der Waals surface area contributed by atoms with Crippen molar-refractivity contribution < 1.29 is 9.59 Å². The predicted molar refractivity (Wildman–Crippen MR) is 310 cm³/mol. The maximum absolute atomic E-state index is 13.1. The van der Waals surface area contributed by atoms with E-state index >= 15 is 0 Å². The molecule has 77 heavy (non-hydrogen) atoms. The van der Waals surface area contributed by atoms with Crippen LogP contribution in [-0.4, -0.2) is 127 Å². The number of nitrogens with zero attached hydrogens (tertiary/aromatic N) is 10. The van der Waals surface area contributed by atoms with Crippen molar-refractivity contribution >= 4 is 51.6 Å². The van der Waals surface area contributed by atoms with Gasteiger partial charge in [0.15, 0.2) is 5.78 Å². The molecule has 4 aromatic carbocycles. The molecule has 2 saturated heterocycles. The Morgan fingerprint density at radius 3 is 1.43 bits per heavy atom. The maximum Gasteiger partial charge on any atom is 0.252 e. The lowest BCUT2D eigenvalue weighted by Gasteiger charge is -2.32. The van der Waals surface area contributed by atoms with Crippen LogP contribution in [0.2, 0.25) is 0 Å². The highest BCUT2D eigenvalue weighted by Crippen LogP contribution is 2.27. The van der Waals surface area contributed by atoms with Gasteiger partial charge in [-0.1, -0.05) is 54.6 Å². The number of piperazine rings is 2. The Hall–Kier alpha value is -7.79. The number of Topliss-reactive ketones (excluding diaryl/α,β-unsaturated/α-hetero) is 1. The van der Waals surface area contributed by atoms with Crippen molar-refractivity contribution in [3.05, 3.63) is 196 Å². The van der Waals surface area contributed by atoms with Crippen LogP contribution in [-0.2, 0) is 19.5 Å². The van der Waals surface area contributed by atoms with Gasteiger partial charge in [-0.25, -0.2) is 19.9 Å². The molecular formula is C61H68ClN13O2. The third-order valence-corrected chi connectivity index (χ3v) is 14.0. The van der Waals surface area contributed by atoms with Gasteiger partial charge in [-0.3, -0.25) is 29.4 Å². The molecule has 16 heteroatoms. The molecule has 0 unspecified atom stereocenters. The van der Waals surface area contributed by atoms with Crippen LogP contribution in [0, 0.1) is 27.7 Å². The number of carbonyl (C=O) groups is 2. The molecule has 4 aromatic heterocycles. The zero-order chi connectivity index (χ0) is 54.3. The summed E-state index contributed by atoms with van der Waals surface area (Å²) < 4.78 is 0. The fraction of sp³-hybridized carbons (Fsp3) is 0.279. The Morgan fingerprint density at radius 1 is 0.519 bits per heavy atom. The van der Waals surface area contributed by atoms with Crippen LogP contribution in [0.4, 0.5) is 29.0 Å². The van der Waals surface area contributed by atoms with Gasteiger partial charge in [-0.15, -0.1) is 0 Å². The average Bonchev–Trinajstić information content (AvgIpc) is 3.43. The number of anilines is 5. The largest absolute Gasteiger partial charge is 0.399 e. The van der Waals surface area contributed by atoms with E-state index in [-0.39, 0.29) is 5.78 Å². The molecule has 2 aliphatic heterocycles. The second-order valence-electron chi connectivity index (χ2n) is 19.8. The highest BCUT2D eigenvalue weighted by molar-refractivity contribution is 6.67.